The second-order valence-corrected chi connectivity index (χ2v) is 13.1. The molecule has 2 aromatic carbocycles. The number of nitrogens with one attached hydrogen (secondary N) is 1. The molecule has 4 rings (SSSR count). The van der Waals surface area contributed by atoms with E-state index < -0.39 is 26.0 Å². The van der Waals surface area contributed by atoms with Crippen LogP contribution in [0.2, 0.25) is 5.02 Å². The monoisotopic (exact) mass is 571 g/mol. The van der Waals surface area contributed by atoms with Gasteiger partial charge in [0.05, 0.1) is 28.0 Å². The molecule has 2 aliphatic rings. The van der Waals surface area contributed by atoms with Crippen LogP contribution in [0.25, 0.3) is 0 Å². The Morgan fingerprint density at radius 3 is 2.11 bits per heavy atom. The van der Waals surface area contributed by atoms with Crippen molar-refractivity contribution in [1.29, 1.82) is 0 Å². The SMILES string of the molecule is O=C(COc1ccc(S(=O)(=O)N2CCCCC2)cc1Cl)NCc1ccc(S(=O)(=O)N2CCOCC2)cc1. The summed E-state index contributed by atoms with van der Waals surface area (Å²) in [6, 6.07) is 10.5. The minimum Gasteiger partial charge on any atom is -0.482 e. The quantitative estimate of drug-likeness (QED) is 0.490. The van der Waals surface area contributed by atoms with Crippen LogP contribution in [0, 0.1) is 0 Å². The van der Waals surface area contributed by atoms with Crippen LogP contribution in [0.5, 0.6) is 5.75 Å². The maximum atomic E-state index is 12.8. The fourth-order valence-corrected chi connectivity index (χ4v) is 7.38. The number of nitrogens with zero attached hydrogens (tertiary/aromatic N) is 2. The second kappa shape index (κ2) is 12.1. The molecule has 202 valence electrons. The first-order valence-corrected chi connectivity index (χ1v) is 15.3. The number of rotatable bonds is 9. The van der Waals surface area contributed by atoms with E-state index in [1.54, 1.807) is 12.1 Å². The van der Waals surface area contributed by atoms with Gasteiger partial charge in [0.1, 0.15) is 5.75 Å². The Bertz CT molecular complexity index is 1310. The van der Waals surface area contributed by atoms with E-state index in [1.807, 2.05) is 0 Å². The van der Waals surface area contributed by atoms with Gasteiger partial charge < -0.3 is 14.8 Å². The molecular weight excluding hydrogens is 542 g/mol. The van der Waals surface area contributed by atoms with Crippen LogP contribution in [-0.4, -0.2) is 77.4 Å². The normalized spacial score (nSPS) is 17.9. The Balaban J connectivity index is 1.28. The summed E-state index contributed by atoms with van der Waals surface area (Å²) >= 11 is 6.24. The molecule has 2 saturated heterocycles. The number of sulfonamides is 2. The highest BCUT2D eigenvalue weighted by atomic mass is 35.5. The van der Waals surface area contributed by atoms with Gasteiger partial charge in [-0.3, -0.25) is 4.79 Å². The lowest BCUT2D eigenvalue weighted by Crippen LogP contribution is -2.40. The van der Waals surface area contributed by atoms with Crippen molar-refractivity contribution >= 4 is 37.6 Å². The zero-order chi connectivity index (χ0) is 26.5. The Labute approximate surface area is 222 Å². The third-order valence-corrected chi connectivity index (χ3v) is 10.3. The van der Waals surface area contributed by atoms with Crippen LogP contribution < -0.4 is 10.1 Å². The molecule has 0 aromatic heterocycles. The summed E-state index contributed by atoms with van der Waals surface area (Å²) in [5.41, 5.74) is 0.722. The fraction of sp³-hybridized carbons (Fsp3) is 0.458. The molecule has 0 saturated carbocycles. The van der Waals surface area contributed by atoms with E-state index in [0.29, 0.717) is 39.4 Å². The number of carbonyl (C=O) groups is 1. The molecule has 2 aliphatic heterocycles. The van der Waals surface area contributed by atoms with Gasteiger partial charge in [0.2, 0.25) is 20.0 Å². The average Bonchev–Trinajstić information content (AvgIpc) is 2.92. The van der Waals surface area contributed by atoms with Crippen LogP contribution >= 0.6 is 11.6 Å². The smallest absolute Gasteiger partial charge is 0.258 e. The number of hydrogen-bond donors (Lipinski definition) is 1. The van der Waals surface area contributed by atoms with Crippen molar-refractivity contribution in [2.75, 3.05) is 46.0 Å². The second-order valence-electron chi connectivity index (χ2n) is 8.78. The molecule has 37 heavy (non-hydrogen) atoms. The average molecular weight is 572 g/mol. The standard InChI is InChI=1S/C24H30ClN3O7S2/c25-22-16-21(37(32,33)27-10-2-1-3-11-27)8-9-23(22)35-18-24(29)26-17-19-4-6-20(7-5-19)36(30,31)28-12-14-34-15-13-28/h4-9,16H,1-3,10-15,17-18H2,(H,26,29). The van der Waals surface area contributed by atoms with E-state index in [2.05, 4.69) is 5.32 Å². The maximum absolute atomic E-state index is 12.8. The fourth-order valence-electron chi connectivity index (χ4n) is 4.12. The number of halogens is 1. The van der Waals surface area contributed by atoms with Crippen molar-refractivity contribution in [1.82, 2.24) is 13.9 Å². The molecule has 2 heterocycles. The summed E-state index contributed by atoms with van der Waals surface area (Å²) in [6.45, 7) is 2.23. The van der Waals surface area contributed by atoms with Gasteiger partial charge in [-0.2, -0.15) is 8.61 Å². The van der Waals surface area contributed by atoms with Gasteiger partial charge in [-0.25, -0.2) is 16.8 Å². The Kier molecular flexibility index (Phi) is 9.09. The van der Waals surface area contributed by atoms with E-state index in [1.165, 1.54) is 38.9 Å². The summed E-state index contributed by atoms with van der Waals surface area (Å²) in [5.74, 6) is -0.210. The summed E-state index contributed by atoms with van der Waals surface area (Å²) in [6.07, 6.45) is 2.69. The van der Waals surface area contributed by atoms with E-state index in [-0.39, 0.29) is 33.7 Å². The van der Waals surface area contributed by atoms with Crippen molar-refractivity contribution in [3.05, 3.63) is 53.1 Å². The first kappa shape index (κ1) is 27.8. The summed E-state index contributed by atoms with van der Waals surface area (Å²) in [5, 5.41) is 2.80. The molecule has 0 radical (unpaired) electrons. The molecule has 2 aromatic rings. The number of hydrogen-bond acceptors (Lipinski definition) is 7. The highest BCUT2D eigenvalue weighted by molar-refractivity contribution is 7.89. The van der Waals surface area contributed by atoms with E-state index in [4.69, 9.17) is 21.1 Å². The van der Waals surface area contributed by atoms with Crippen LogP contribution in [0.1, 0.15) is 24.8 Å². The molecule has 1 N–H and O–H groups in total. The van der Waals surface area contributed by atoms with Gasteiger partial charge in [-0.15, -0.1) is 0 Å². The zero-order valence-corrected chi connectivity index (χ0v) is 22.7. The highest BCUT2D eigenvalue weighted by Crippen LogP contribution is 2.29. The van der Waals surface area contributed by atoms with Crippen LogP contribution in [0.15, 0.2) is 52.3 Å². The predicted octanol–water partition coefficient (Wildman–Crippen LogP) is 2.23. The molecule has 0 bridgehead atoms. The van der Waals surface area contributed by atoms with Crippen molar-refractivity contribution in [3.8, 4) is 5.75 Å². The number of piperidine rings is 1. The van der Waals surface area contributed by atoms with Gasteiger partial charge in [0.25, 0.3) is 5.91 Å². The van der Waals surface area contributed by atoms with Gasteiger partial charge >= 0.3 is 0 Å². The third kappa shape index (κ3) is 6.81. The largest absolute Gasteiger partial charge is 0.482 e. The first-order chi connectivity index (χ1) is 17.7. The summed E-state index contributed by atoms with van der Waals surface area (Å²) in [4.78, 5) is 12.6. The molecule has 0 atom stereocenters. The summed E-state index contributed by atoms with van der Waals surface area (Å²) in [7, 11) is -7.20. The minimum absolute atomic E-state index is 0.0929. The van der Waals surface area contributed by atoms with Crippen molar-refractivity contribution in [2.45, 2.75) is 35.6 Å². The van der Waals surface area contributed by atoms with Crippen molar-refractivity contribution < 1.29 is 31.1 Å². The number of ether oxygens (including phenoxy) is 2. The van der Waals surface area contributed by atoms with Gasteiger partial charge in [-0.05, 0) is 48.7 Å². The van der Waals surface area contributed by atoms with Crippen LogP contribution in [0.3, 0.4) is 0 Å². The zero-order valence-electron chi connectivity index (χ0n) is 20.3. The lowest BCUT2D eigenvalue weighted by atomic mass is 10.2. The van der Waals surface area contributed by atoms with E-state index in [9.17, 15) is 21.6 Å². The number of amides is 1. The van der Waals surface area contributed by atoms with E-state index in [0.717, 1.165) is 24.8 Å². The van der Waals surface area contributed by atoms with Crippen LogP contribution in [-0.2, 0) is 36.1 Å². The summed E-state index contributed by atoms with van der Waals surface area (Å²) < 4.78 is 64.6. The molecule has 0 unspecified atom stereocenters. The first-order valence-electron chi connectivity index (χ1n) is 12.0. The topological polar surface area (TPSA) is 122 Å². The van der Waals surface area contributed by atoms with Crippen molar-refractivity contribution in [2.24, 2.45) is 0 Å². The molecule has 13 heteroatoms. The number of benzene rings is 2. The van der Waals surface area contributed by atoms with Gasteiger partial charge in [0.15, 0.2) is 6.61 Å². The third-order valence-electron chi connectivity index (χ3n) is 6.24. The van der Waals surface area contributed by atoms with Crippen LogP contribution in [0.4, 0.5) is 0 Å². The molecule has 10 nitrogen and oxygen atoms in total. The molecule has 1 amide bonds. The lowest BCUT2D eigenvalue weighted by molar-refractivity contribution is -0.123. The maximum Gasteiger partial charge on any atom is 0.258 e. The lowest BCUT2D eigenvalue weighted by Gasteiger charge is -2.26. The highest BCUT2D eigenvalue weighted by Gasteiger charge is 2.27. The Morgan fingerprint density at radius 1 is 0.865 bits per heavy atom. The Morgan fingerprint density at radius 2 is 1.46 bits per heavy atom. The molecule has 0 spiro atoms. The Hall–Kier alpha value is -2.22. The van der Waals surface area contributed by atoms with Crippen molar-refractivity contribution in [3.63, 3.8) is 0 Å². The minimum atomic E-state index is -3.62. The predicted molar refractivity (Wildman–Crippen MR) is 137 cm³/mol. The van der Waals surface area contributed by atoms with Gasteiger partial charge in [-0.1, -0.05) is 30.2 Å². The number of carbonyl (C=O) groups excluding carboxylic acids is 1. The molecule has 2 fully saturated rings. The van der Waals surface area contributed by atoms with Gasteiger partial charge in [0, 0.05) is 32.7 Å². The van der Waals surface area contributed by atoms with E-state index >= 15 is 0 Å². The number of morpholine rings is 1. The molecule has 0 aliphatic carbocycles. The molecular formula is C24H30ClN3O7S2.